The van der Waals surface area contributed by atoms with Crippen LogP contribution in [0.15, 0.2) is 15.9 Å². The fourth-order valence-corrected chi connectivity index (χ4v) is 2.42. The van der Waals surface area contributed by atoms with E-state index in [0.29, 0.717) is 9.35 Å². The van der Waals surface area contributed by atoms with Crippen molar-refractivity contribution in [3.63, 3.8) is 0 Å². The number of rotatable bonds is 5. The quantitative estimate of drug-likeness (QED) is 0.377. The number of aromatic carboxylic acids is 1. The third-order valence-electron chi connectivity index (χ3n) is 1.91. The molecule has 0 saturated heterocycles. The molecule has 5 N–H and O–H groups in total. The Hall–Kier alpha value is -1.08. The van der Waals surface area contributed by atoms with E-state index in [1.807, 2.05) is 0 Å². The molecule has 0 bridgehead atoms. The summed E-state index contributed by atoms with van der Waals surface area (Å²) < 4.78 is 0.653. The van der Waals surface area contributed by atoms with Crippen LogP contribution in [0.4, 0.5) is 0 Å². The molecule has 5 nitrogen and oxygen atoms in total. The van der Waals surface area contributed by atoms with Gasteiger partial charge in [0.05, 0.1) is 0 Å². The lowest BCUT2D eigenvalue weighted by Crippen LogP contribution is -2.30. The van der Waals surface area contributed by atoms with Gasteiger partial charge in [-0.3, -0.25) is 5.41 Å². The maximum Gasteiger partial charge on any atom is 0.347 e. The average Bonchev–Trinajstić information content (AvgIpc) is 2.72. The lowest BCUT2D eigenvalue weighted by molar-refractivity contribution is 0.0701. The molecule has 0 atom stereocenters. The summed E-state index contributed by atoms with van der Waals surface area (Å²) in [5, 5.41) is 19.7. The molecule has 0 aliphatic rings. The average molecular weight is 336 g/mol. The van der Waals surface area contributed by atoms with E-state index in [1.54, 1.807) is 11.4 Å². The van der Waals surface area contributed by atoms with Gasteiger partial charge >= 0.3 is 5.97 Å². The highest BCUT2D eigenvalue weighted by atomic mass is 79.9. The van der Waals surface area contributed by atoms with E-state index in [2.05, 4.69) is 28.2 Å². The molecular formula is C11H18BrN3O2S. The predicted octanol–water partition coefficient (Wildman–Crippen LogP) is 2.87. The number of thiophene rings is 1. The number of halogens is 1. The normalized spacial score (nSPS) is 9.22. The molecule has 1 aromatic rings. The zero-order chi connectivity index (χ0) is 14.0. The maximum atomic E-state index is 10.3. The fraction of sp³-hybridized carbons (Fsp3) is 0.455. The molecule has 0 aliphatic heterocycles. The van der Waals surface area contributed by atoms with Crippen LogP contribution in [-0.2, 0) is 0 Å². The monoisotopic (exact) mass is 335 g/mol. The van der Waals surface area contributed by atoms with Gasteiger partial charge in [-0.1, -0.05) is 19.8 Å². The van der Waals surface area contributed by atoms with E-state index in [9.17, 15) is 4.79 Å². The Kier molecular flexibility index (Phi) is 9.31. The molecule has 0 aromatic carbocycles. The van der Waals surface area contributed by atoms with Gasteiger partial charge in [0.15, 0.2) is 5.96 Å². The summed E-state index contributed by atoms with van der Waals surface area (Å²) in [6.07, 6.45) is 3.52. The Labute approximate surface area is 119 Å². The summed E-state index contributed by atoms with van der Waals surface area (Å²) in [7, 11) is 0. The van der Waals surface area contributed by atoms with E-state index in [4.69, 9.17) is 16.2 Å². The van der Waals surface area contributed by atoms with Crippen molar-refractivity contribution in [1.82, 2.24) is 5.32 Å². The highest BCUT2D eigenvalue weighted by molar-refractivity contribution is 9.10. The topological polar surface area (TPSA) is 99.2 Å². The molecule has 18 heavy (non-hydrogen) atoms. The second-order valence-electron chi connectivity index (χ2n) is 3.45. The number of nitrogens with two attached hydrogens (primary N) is 1. The number of carboxylic acid groups (broad SMARTS) is 1. The van der Waals surface area contributed by atoms with Gasteiger partial charge in [0.1, 0.15) is 4.88 Å². The van der Waals surface area contributed by atoms with Crippen molar-refractivity contribution < 1.29 is 9.90 Å². The lowest BCUT2D eigenvalue weighted by Gasteiger charge is -2.00. The van der Waals surface area contributed by atoms with Gasteiger partial charge in [0.2, 0.25) is 0 Å². The lowest BCUT2D eigenvalue weighted by atomic mass is 10.2. The van der Waals surface area contributed by atoms with E-state index >= 15 is 0 Å². The highest BCUT2D eigenvalue weighted by Crippen LogP contribution is 2.21. The van der Waals surface area contributed by atoms with Crippen molar-refractivity contribution in [3.05, 3.63) is 20.8 Å². The second kappa shape index (κ2) is 9.90. The van der Waals surface area contributed by atoms with Crippen molar-refractivity contribution in [2.75, 3.05) is 6.54 Å². The van der Waals surface area contributed by atoms with Crippen LogP contribution in [0.5, 0.6) is 0 Å². The molecule has 0 saturated carbocycles. The smallest absolute Gasteiger partial charge is 0.347 e. The third-order valence-corrected chi connectivity index (χ3v) is 3.73. The molecule has 1 aromatic heterocycles. The largest absolute Gasteiger partial charge is 0.477 e. The standard InChI is InChI=1S/C6H15N3.C5H3BrO2S/c1-2-3-4-5-9-6(7)8;6-3-1-2-9-4(3)5(7)8/h2-5H2,1H3,(H4,7,8,9);1-2H,(H,7,8). The van der Waals surface area contributed by atoms with Crippen molar-refractivity contribution in [2.24, 2.45) is 5.73 Å². The molecule has 102 valence electrons. The van der Waals surface area contributed by atoms with Gasteiger partial charge in [-0.15, -0.1) is 11.3 Å². The van der Waals surface area contributed by atoms with E-state index in [1.165, 1.54) is 24.2 Å². The molecule has 1 rings (SSSR count). The first kappa shape index (κ1) is 16.9. The Morgan fingerprint density at radius 3 is 2.61 bits per heavy atom. The van der Waals surface area contributed by atoms with Crippen LogP contribution in [0.1, 0.15) is 35.9 Å². The zero-order valence-corrected chi connectivity index (χ0v) is 12.6. The summed E-state index contributed by atoms with van der Waals surface area (Å²) in [5.74, 6) is -0.803. The predicted molar refractivity (Wildman–Crippen MR) is 78.4 cm³/mol. The Balaban J connectivity index is 0.000000321. The first-order chi connectivity index (χ1) is 8.49. The van der Waals surface area contributed by atoms with Gasteiger partial charge < -0.3 is 16.2 Å². The minimum absolute atomic E-state index is 0.0751. The van der Waals surface area contributed by atoms with Crippen LogP contribution < -0.4 is 11.1 Å². The Morgan fingerprint density at radius 1 is 1.61 bits per heavy atom. The fourth-order valence-electron chi connectivity index (χ4n) is 1.04. The van der Waals surface area contributed by atoms with E-state index < -0.39 is 5.97 Å². The highest BCUT2D eigenvalue weighted by Gasteiger charge is 2.07. The first-order valence-corrected chi connectivity index (χ1v) is 7.20. The Morgan fingerprint density at radius 2 is 2.28 bits per heavy atom. The maximum absolute atomic E-state index is 10.3. The van der Waals surface area contributed by atoms with Crippen LogP contribution in [-0.4, -0.2) is 23.6 Å². The van der Waals surface area contributed by atoms with Gasteiger partial charge in [0.25, 0.3) is 0 Å². The minimum atomic E-state index is -0.878. The van der Waals surface area contributed by atoms with Gasteiger partial charge in [0, 0.05) is 11.0 Å². The molecule has 7 heteroatoms. The summed E-state index contributed by atoms with van der Waals surface area (Å²) in [5.41, 5.74) is 5.05. The molecule has 0 spiro atoms. The molecule has 1 heterocycles. The van der Waals surface area contributed by atoms with Gasteiger partial charge in [-0.05, 0) is 33.8 Å². The van der Waals surface area contributed by atoms with Crippen molar-refractivity contribution in [3.8, 4) is 0 Å². The molecular weight excluding hydrogens is 318 g/mol. The number of hydrogen-bond acceptors (Lipinski definition) is 3. The van der Waals surface area contributed by atoms with Crippen LogP contribution >= 0.6 is 27.3 Å². The molecule has 0 radical (unpaired) electrons. The molecule has 0 fully saturated rings. The summed E-state index contributed by atoms with van der Waals surface area (Å²) >= 11 is 4.31. The number of guanidine groups is 1. The van der Waals surface area contributed by atoms with Crippen LogP contribution in [0.3, 0.4) is 0 Å². The van der Waals surface area contributed by atoms with Crippen molar-refractivity contribution in [1.29, 1.82) is 5.41 Å². The minimum Gasteiger partial charge on any atom is -0.477 e. The van der Waals surface area contributed by atoms with Crippen molar-refractivity contribution in [2.45, 2.75) is 26.2 Å². The van der Waals surface area contributed by atoms with E-state index in [0.717, 1.165) is 13.0 Å². The molecule has 0 unspecified atom stereocenters. The summed E-state index contributed by atoms with van der Waals surface area (Å²) in [6, 6.07) is 1.72. The molecule has 0 aliphatic carbocycles. The van der Waals surface area contributed by atoms with Crippen LogP contribution in [0, 0.1) is 5.41 Å². The Bertz CT molecular complexity index is 382. The van der Waals surface area contributed by atoms with Crippen molar-refractivity contribution >= 4 is 39.2 Å². The summed E-state index contributed by atoms with van der Waals surface area (Å²) in [6.45, 7) is 2.98. The third kappa shape index (κ3) is 8.08. The first-order valence-electron chi connectivity index (χ1n) is 5.53. The van der Waals surface area contributed by atoms with E-state index in [-0.39, 0.29) is 5.96 Å². The zero-order valence-electron chi connectivity index (χ0n) is 10.2. The SMILES string of the molecule is CCCCCNC(=N)N.O=C(O)c1sccc1Br. The number of hydrogen-bond donors (Lipinski definition) is 4. The van der Waals surface area contributed by atoms with Crippen LogP contribution in [0.25, 0.3) is 0 Å². The second-order valence-corrected chi connectivity index (χ2v) is 5.22. The van der Waals surface area contributed by atoms with Gasteiger partial charge in [-0.25, -0.2) is 4.79 Å². The number of carboxylic acids is 1. The summed E-state index contributed by atoms with van der Waals surface area (Å²) in [4.78, 5) is 10.6. The molecule has 0 amide bonds. The number of unbranched alkanes of at least 4 members (excludes halogenated alkanes) is 2. The number of nitrogens with one attached hydrogen (secondary N) is 2. The number of carbonyl (C=O) groups is 1. The van der Waals surface area contributed by atoms with Gasteiger partial charge in [-0.2, -0.15) is 0 Å². The van der Waals surface area contributed by atoms with Crippen LogP contribution in [0.2, 0.25) is 0 Å².